The molecule has 0 aliphatic carbocycles. The minimum absolute atomic E-state index is 0.00428. The largest absolute Gasteiger partial charge is 0.467 e. The second kappa shape index (κ2) is 10.1. The Morgan fingerprint density at radius 3 is 2.52 bits per heavy atom. The van der Waals surface area contributed by atoms with Gasteiger partial charge in [0.1, 0.15) is 6.04 Å². The van der Waals surface area contributed by atoms with E-state index >= 15 is 0 Å². The third-order valence-electron chi connectivity index (χ3n) is 4.38. The van der Waals surface area contributed by atoms with E-state index < -0.39 is 12.0 Å². The van der Waals surface area contributed by atoms with E-state index in [1.54, 1.807) is 0 Å². The summed E-state index contributed by atoms with van der Waals surface area (Å²) in [5.74, 6) is 0.258. The van der Waals surface area contributed by atoms with Crippen molar-refractivity contribution in [3.63, 3.8) is 0 Å². The Morgan fingerprint density at radius 2 is 1.93 bits per heavy atom. The van der Waals surface area contributed by atoms with Gasteiger partial charge in [-0.25, -0.2) is 4.79 Å². The quantitative estimate of drug-likeness (QED) is 0.523. The highest BCUT2D eigenvalue weighted by atomic mass is 32.2. The third-order valence-corrected chi connectivity index (χ3v) is 5.35. The molecule has 0 aliphatic heterocycles. The Hall–Kier alpha value is -2.35. The van der Waals surface area contributed by atoms with Crippen molar-refractivity contribution in [2.75, 3.05) is 12.9 Å². The molecule has 1 aromatic carbocycles. The molecule has 0 aliphatic rings. The van der Waals surface area contributed by atoms with Crippen LogP contribution in [0, 0.1) is 5.92 Å². The lowest BCUT2D eigenvalue weighted by molar-refractivity contribution is -0.146. The van der Waals surface area contributed by atoms with Crippen molar-refractivity contribution < 1.29 is 14.3 Å². The molecular weight excluding hydrogens is 364 g/mol. The summed E-state index contributed by atoms with van der Waals surface area (Å²) in [7, 11) is 1.33. The minimum atomic E-state index is -0.642. The fourth-order valence-electron chi connectivity index (χ4n) is 2.62. The smallest absolute Gasteiger partial charge is 0.328 e. The number of hydrogen-bond donors (Lipinski definition) is 1. The maximum absolute atomic E-state index is 12.3. The first-order valence-corrected chi connectivity index (χ1v) is 9.98. The maximum atomic E-state index is 12.3. The number of amides is 1. The average Bonchev–Trinajstić information content (AvgIpc) is 3.12. The van der Waals surface area contributed by atoms with Crippen molar-refractivity contribution >= 4 is 23.6 Å². The minimum Gasteiger partial charge on any atom is -0.467 e. The summed E-state index contributed by atoms with van der Waals surface area (Å²) in [5.41, 5.74) is 0.977. The first-order chi connectivity index (χ1) is 13.0. The molecule has 2 aromatic rings. The molecule has 8 heteroatoms. The molecule has 0 saturated carbocycles. The van der Waals surface area contributed by atoms with Crippen LogP contribution in [0.3, 0.4) is 0 Å². The van der Waals surface area contributed by atoms with E-state index in [0.29, 0.717) is 11.7 Å². The number of nitrogens with zero attached hydrogens (tertiary/aromatic N) is 3. The highest BCUT2D eigenvalue weighted by Crippen LogP contribution is 2.23. The van der Waals surface area contributed by atoms with Gasteiger partial charge in [-0.2, -0.15) is 0 Å². The van der Waals surface area contributed by atoms with Crippen LogP contribution in [0.2, 0.25) is 0 Å². The highest BCUT2D eigenvalue weighted by molar-refractivity contribution is 7.99. The number of thioether (sulfide) groups is 1. The first-order valence-electron chi connectivity index (χ1n) is 9.00. The van der Waals surface area contributed by atoms with E-state index in [2.05, 4.69) is 15.5 Å². The number of aromatic nitrogens is 3. The number of nitrogens with one attached hydrogen (secondary N) is 1. The summed E-state index contributed by atoms with van der Waals surface area (Å²) in [4.78, 5) is 24.3. The van der Waals surface area contributed by atoms with Crippen LogP contribution in [-0.4, -0.2) is 45.5 Å². The standard InChI is InChI=1S/C19H26N4O3S/c1-5-13(3)16(18(25)26-4)20-15(24)12-27-19-22-21-17(23(19)6-2)14-10-8-7-9-11-14/h7-11,13,16H,5-6,12H2,1-4H3,(H,20,24)/t13-,16+/m0/s1. The molecule has 2 rings (SSSR count). The molecule has 0 saturated heterocycles. The van der Waals surface area contributed by atoms with Crippen LogP contribution in [-0.2, 0) is 20.9 Å². The van der Waals surface area contributed by atoms with E-state index in [9.17, 15) is 9.59 Å². The fourth-order valence-corrected chi connectivity index (χ4v) is 3.44. The summed E-state index contributed by atoms with van der Waals surface area (Å²) in [6.07, 6.45) is 0.762. The van der Waals surface area contributed by atoms with Gasteiger partial charge in [0, 0.05) is 12.1 Å². The van der Waals surface area contributed by atoms with Gasteiger partial charge >= 0.3 is 5.97 Å². The Labute approximate surface area is 163 Å². The van der Waals surface area contributed by atoms with Crippen molar-refractivity contribution in [2.24, 2.45) is 5.92 Å². The zero-order valence-electron chi connectivity index (χ0n) is 16.1. The van der Waals surface area contributed by atoms with Crippen LogP contribution in [0.5, 0.6) is 0 Å². The van der Waals surface area contributed by atoms with E-state index in [4.69, 9.17) is 4.74 Å². The number of benzene rings is 1. The Kier molecular flexibility index (Phi) is 7.84. The van der Waals surface area contributed by atoms with Gasteiger partial charge in [0.05, 0.1) is 12.9 Å². The predicted molar refractivity (Wildman–Crippen MR) is 105 cm³/mol. The average molecular weight is 391 g/mol. The molecule has 7 nitrogen and oxygen atoms in total. The second-order valence-corrected chi connectivity index (χ2v) is 7.10. The molecule has 0 radical (unpaired) electrons. The zero-order valence-corrected chi connectivity index (χ0v) is 17.0. The van der Waals surface area contributed by atoms with Gasteiger partial charge < -0.3 is 14.6 Å². The maximum Gasteiger partial charge on any atom is 0.328 e. The molecule has 146 valence electrons. The molecule has 0 spiro atoms. The monoisotopic (exact) mass is 390 g/mol. The normalized spacial score (nSPS) is 13.0. The van der Waals surface area contributed by atoms with Crippen molar-refractivity contribution in [3.8, 4) is 11.4 Å². The summed E-state index contributed by atoms with van der Waals surface area (Å²) in [6.45, 7) is 6.58. The molecule has 2 atom stereocenters. The molecule has 0 bridgehead atoms. The van der Waals surface area contributed by atoms with Gasteiger partial charge in [0.25, 0.3) is 0 Å². The number of rotatable bonds is 9. The molecule has 0 unspecified atom stereocenters. The number of carbonyl (C=O) groups excluding carboxylic acids is 2. The van der Waals surface area contributed by atoms with Gasteiger partial charge in [-0.3, -0.25) is 4.79 Å². The Bertz CT molecular complexity index is 764. The lowest BCUT2D eigenvalue weighted by Crippen LogP contribution is -2.46. The number of hydrogen-bond acceptors (Lipinski definition) is 6. The van der Waals surface area contributed by atoms with Crippen LogP contribution in [0.4, 0.5) is 0 Å². The van der Waals surface area contributed by atoms with Crippen LogP contribution in [0.1, 0.15) is 27.2 Å². The molecule has 1 amide bonds. The summed E-state index contributed by atoms with van der Waals surface area (Å²) in [5, 5.41) is 11.9. The zero-order chi connectivity index (χ0) is 19.8. The number of methoxy groups -OCH3 is 1. The lowest BCUT2D eigenvalue weighted by atomic mass is 9.99. The van der Waals surface area contributed by atoms with Crippen LogP contribution >= 0.6 is 11.8 Å². The van der Waals surface area contributed by atoms with Gasteiger partial charge in [-0.15, -0.1) is 10.2 Å². The Balaban J connectivity index is 2.05. The topological polar surface area (TPSA) is 86.1 Å². The van der Waals surface area contributed by atoms with Crippen LogP contribution < -0.4 is 5.32 Å². The Morgan fingerprint density at radius 1 is 1.22 bits per heavy atom. The third kappa shape index (κ3) is 5.32. The van der Waals surface area contributed by atoms with Gasteiger partial charge in [0.2, 0.25) is 5.91 Å². The highest BCUT2D eigenvalue weighted by Gasteiger charge is 2.26. The van der Waals surface area contributed by atoms with Crippen molar-refractivity contribution in [3.05, 3.63) is 30.3 Å². The SMILES string of the molecule is CC[C@H](C)[C@@H](NC(=O)CSc1nnc(-c2ccccc2)n1CC)C(=O)OC. The number of carbonyl (C=O) groups is 2. The van der Waals surface area contributed by atoms with Crippen molar-refractivity contribution in [1.29, 1.82) is 0 Å². The van der Waals surface area contributed by atoms with E-state index in [-0.39, 0.29) is 17.6 Å². The van der Waals surface area contributed by atoms with Gasteiger partial charge in [-0.05, 0) is 12.8 Å². The van der Waals surface area contributed by atoms with Crippen LogP contribution in [0.25, 0.3) is 11.4 Å². The molecule has 1 N–H and O–H groups in total. The predicted octanol–water partition coefficient (Wildman–Crippen LogP) is 2.76. The van der Waals surface area contributed by atoms with Crippen molar-refractivity contribution in [1.82, 2.24) is 20.1 Å². The number of esters is 1. The fraction of sp³-hybridized carbons (Fsp3) is 0.474. The molecule has 1 aromatic heterocycles. The van der Waals surface area contributed by atoms with E-state index in [1.165, 1.54) is 18.9 Å². The summed E-state index contributed by atoms with van der Waals surface area (Å²) < 4.78 is 6.77. The van der Waals surface area contributed by atoms with E-state index in [1.807, 2.05) is 55.7 Å². The summed E-state index contributed by atoms with van der Waals surface area (Å²) >= 11 is 1.30. The number of ether oxygens (including phenoxy) is 1. The van der Waals surface area contributed by atoms with Gasteiger partial charge in [0.15, 0.2) is 11.0 Å². The van der Waals surface area contributed by atoms with Gasteiger partial charge in [-0.1, -0.05) is 62.4 Å². The molecule has 1 heterocycles. The first kappa shape index (κ1) is 21.0. The second-order valence-electron chi connectivity index (χ2n) is 6.16. The molecular formula is C19H26N4O3S. The van der Waals surface area contributed by atoms with E-state index in [0.717, 1.165) is 17.8 Å². The summed E-state index contributed by atoms with van der Waals surface area (Å²) in [6, 6.07) is 9.16. The molecule has 27 heavy (non-hydrogen) atoms. The van der Waals surface area contributed by atoms with Crippen LogP contribution in [0.15, 0.2) is 35.5 Å². The molecule has 0 fully saturated rings. The van der Waals surface area contributed by atoms with Crippen molar-refractivity contribution in [2.45, 2.75) is 44.9 Å². The lowest BCUT2D eigenvalue weighted by Gasteiger charge is -2.21.